The van der Waals surface area contributed by atoms with E-state index < -0.39 is 10.1 Å². The lowest BCUT2D eigenvalue weighted by molar-refractivity contribution is 0.441. The van der Waals surface area contributed by atoms with E-state index in [-0.39, 0.29) is 27.2 Å². The van der Waals surface area contributed by atoms with Crippen LogP contribution in [0.15, 0.2) is 47.4 Å². The van der Waals surface area contributed by atoms with Gasteiger partial charge in [0.2, 0.25) is 0 Å². The molecule has 1 N–H and O–H groups in total. The van der Waals surface area contributed by atoms with Crippen molar-refractivity contribution in [3.63, 3.8) is 0 Å². The molecule has 0 atom stereocenters. The molecule has 0 aliphatic heterocycles. The van der Waals surface area contributed by atoms with Gasteiger partial charge < -0.3 is 9.29 Å². The largest absolute Gasteiger partial charge is 0.508 e. The maximum Gasteiger partial charge on any atom is 0.339 e. The number of aromatic hydroxyl groups is 1. The van der Waals surface area contributed by atoms with Gasteiger partial charge in [-0.3, -0.25) is 0 Å². The summed E-state index contributed by atoms with van der Waals surface area (Å²) in [7, 11) is -3.93. The van der Waals surface area contributed by atoms with Crippen molar-refractivity contribution in [3.05, 3.63) is 53.6 Å². The molecule has 0 aliphatic carbocycles. The fourth-order valence-electron chi connectivity index (χ4n) is 2.46. The zero-order valence-electron chi connectivity index (χ0n) is 15.6. The highest BCUT2D eigenvalue weighted by Crippen LogP contribution is 2.34. The number of phenolic OH excluding ortho intramolecular Hbond substituents is 1. The number of hydrogen-bond acceptors (Lipinski definition) is 4. The fraction of sp³-hybridized carbons (Fsp3) is 0.400. The lowest BCUT2D eigenvalue weighted by Gasteiger charge is -2.21. The molecule has 0 unspecified atom stereocenters. The molecule has 0 saturated carbocycles. The molecule has 0 aliphatic rings. The molecule has 2 aromatic rings. The highest BCUT2D eigenvalue weighted by molar-refractivity contribution is 7.87. The first-order valence-electron chi connectivity index (χ1n) is 8.19. The van der Waals surface area contributed by atoms with E-state index in [0.717, 1.165) is 5.56 Å². The van der Waals surface area contributed by atoms with Crippen molar-refractivity contribution in [1.82, 2.24) is 0 Å². The average molecular weight is 362 g/mol. The molecular weight excluding hydrogens is 336 g/mol. The molecule has 0 heterocycles. The lowest BCUT2D eigenvalue weighted by atomic mass is 9.86. The van der Waals surface area contributed by atoms with E-state index in [2.05, 4.69) is 20.8 Å². The van der Waals surface area contributed by atoms with Gasteiger partial charge >= 0.3 is 10.1 Å². The van der Waals surface area contributed by atoms with Gasteiger partial charge in [0, 0.05) is 5.56 Å². The Bertz CT molecular complexity index is 852. The molecule has 0 radical (unpaired) electrons. The smallest absolute Gasteiger partial charge is 0.339 e. The molecule has 0 amide bonds. The Morgan fingerprint density at radius 1 is 0.840 bits per heavy atom. The summed E-state index contributed by atoms with van der Waals surface area (Å²) in [5, 5.41) is 9.99. The summed E-state index contributed by atoms with van der Waals surface area (Å²) in [6, 6.07) is 11.2. The van der Waals surface area contributed by atoms with Gasteiger partial charge in [-0.1, -0.05) is 53.7 Å². The molecule has 5 heteroatoms. The van der Waals surface area contributed by atoms with Crippen molar-refractivity contribution in [1.29, 1.82) is 0 Å². The molecule has 0 fully saturated rings. The predicted octanol–water partition coefficient (Wildman–Crippen LogP) is 4.75. The third kappa shape index (κ3) is 4.54. The molecule has 2 rings (SSSR count). The summed E-state index contributed by atoms with van der Waals surface area (Å²) >= 11 is 0. The zero-order chi connectivity index (χ0) is 19.0. The van der Waals surface area contributed by atoms with Gasteiger partial charge in [0.15, 0.2) is 0 Å². The second-order valence-corrected chi connectivity index (χ2v) is 9.79. The summed E-state index contributed by atoms with van der Waals surface area (Å²) in [5.41, 5.74) is 1.29. The van der Waals surface area contributed by atoms with Crippen LogP contribution < -0.4 is 4.18 Å². The van der Waals surface area contributed by atoms with Crippen LogP contribution in [0, 0.1) is 0 Å². The van der Waals surface area contributed by atoms with Gasteiger partial charge in [0.1, 0.15) is 16.4 Å². The highest BCUT2D eigenvalue weighted by Gasteiger charge is 2.22. The Hall–Kier alpha value is -2.01. The van der Waals surface area contributed by atoms with E-state index >= 15 is 0 Å². The van der Waals surface area contributed by atoms with Crippen molar-refractivity contribution in [3.8, 4) is 11.5 Å². The molecular formula is C20H26O4S. The van der Waals surface area contributed by atoms with Crippen LogP contribution in [-0.4, -0.2) is 13.5 Å². The van der Waals surface area contributed by atoms with Gasteiger partial charge in [-0.2, -0.15) is 8.42 Å². The molecule has 0 spiro atoms. The van der Waals surface area contributed by atoms with E-state index in [1.165, 1.54) is 12.1 Å². The number of rotatable bonds is 3. The molecule has 25 heavy (non-hydrogen) atoms. The quantitative estimate of drug-likeness (QED) is 0.800. The predicted molar refractivity (Wildman–Crippen MR) is 99.8 cm³/mol. The normalized spacial score (nSPS) is 12.9. The standard InChI is InChI=1S/C20H26O4S/c1-19(2,3)14-7-10-16(11-8-14)25(22,23)24-15-9-12-18(21)17(13-15)20(4,5)6/h7-13,21H,1-6H3. The Kier molecular flexibility index (Phi) is 4.92. The minimum absolute atomic E-state index is 0.0539. The third-order valence-corrected chi connectivity index (χ3v) is 5.25. The van der Waals surface area contributed by atoms with Crippen LogP contribution in [0.5, 0.6) is 11.5 Å². The van der Waals surface area contributed by atoms with Crippen LogP contribution in [0.4, 0.5) is 0 Å². The van der Waals surface area contributed by atoms with Crippen molar-refractivity contribution in [2.45, 2.75) is 57.3 Å². The minimum atomic E-state index is -3.93. The first kappa shape index (κ1) is 19.3. The van der Waals surface area contributed by atoms with E-state index in [0.29, 0.717) is 5.56 Å². The topological polar surface area (TPSA) is 63.6 Å². The number of phenols is 1. The highest BCUT2D eigenvalue weighted by atomic mass is 32.2. The maximum absolute atomic E-state index is 12.5. The second kappa shape index (κ2) is 6.37. The fourth-order valence-corrected chi connectivity index (χ4v) is 3.39. The van der Waals surface area contributed by atoms with Crippen molar-refractivity contribution >= 4 is 10.1 Å². The summed E-state index contributed by atoms with van der Waals surface area (Å²) < 4.78 is 30.3. The lowest BCUT2D eigenvalue weighted by Crippen LogP contribution is -2.14. The molecule has 0 saturated heterocycles. The maximum atomic E-state index is 12.5. The van der Waals surface area contributed by atoms with Crippen LogP contribution in [0.25, 0.3) is 0 Å². The van der Waals surface area contributed by atoms with Crippen molar-refractivity contribution in [2.24, 2.45) is 0 Å². The first-order valence-corrected chi connectivity index (χ1v) is 9.60. The molecule has 2 aromatic carbocycles. The van der Waals surface area contributed by atoms with Crippen LogP contribution in [-0.2, 0) is 20.9 Å². The Morgan fingerprint density at radius 3 is 1.88 bits per heavy atom. The Labute approximate surface area is 150 Å². The summed E-state index contributed by atoms with van der Waals surface area (Å²) in [6.07, 6.45) is 0. The summed E-state index contributed by atoms with van der Waals surface area (Å²) in [6.45, 7) is 12.0. The number of benzene rings is 2. The van der Waals surface area contributed by atoms with Gasteiger partial charge in [0.25, 0.3) is 0 Å². The van der Waals surface area contributed by atoms with Gasteiger partial charge in [0.05, 0.1) is 0 Å². The van der Waals surface area contributed by atoms with Gasteiger partial charge in [-0.25, -0.2) is 0 Å². The third-order valence-electron chi connectivity index (χ3n) is 3.99. The first-order chi connectivity index (χ1) is 11.3. The zero-order valence-corrected chi connectivity index (χ0v) is 16.4. The van der Waals surface area contributed by atoms with Crippen molar-refractivity contribution in [2.75, 3.05) is 0 Å². The van der Waals surface area contributed by atoms with Crippen LogP contribution in [0.2, 0.25) is 0 Å². The van der Waals surface area contributed by atoms with E-state index in [1.807, 2.05) is 20.8 Å². The molecule has 0 bridgehead atoms. The Balaban J connectivity index is 2.33. The molecule has 0 aromatic heterocycles. The van der Waals surface area contributed by atoms with Crippen LogP contribution >= 0.6 is 0 Å². The van der Waals surface area contributed by atoms with E-state index in [9.17, 15) is 13.5 Å². The van der Waals surface area contributed by atoms with E-state index in [4.69, 9.17) is 4.18 Å². The minimum Gasteiger partial charge on any atom is -0.508 e. The van der Waals surface area contributed by atoms with Gasteiger partial charge in [-0.05, 0) is 46.7 Å². The second-order valence-electron chi connectivity index (χ2n) is 8.24. The summed E-state index contributed by atoms with van der Waals surface area (Å²) in [4.78, 5) is 0.103. The van der Waals surface area contributed by atoms with Crippen LogP contribution in [0.1, 0.15) is 52.7 Å². The Morgan fingerprint density at radius 2 is 1.40 bits per heavy atom. The monoisotopic (exact) mass is 362 g/mol. The van der Waals surface area contributed by atoms with Crippen LogP contribution in [0.3, 0.4) is 0 Å². The molecule has 4 nitrogen and oxygen atoms in total. The van der Waals surface area contributed by atoms with E-state index in [1.54, 1.807) is 30.3 Å². The SMILES string of the molecule is CC(C)(C)c1ccc(S(=O)(=O)Oc2ccc(O)c(C(C)(C)C)c2)cc1. The number of hydrogen-bond donors (Lipinski definition) is 1. The van der Waals surface area contributed by atoms with Gasteiger partial charge in [-0.15, -0.1) is 0 Å². The molecule has 136 valence electrons. The van der Waals surface area contributed by atoms with Crippen molar-refractivity contribution < 1.29 is 17.7 Å². The average Bonchev–Trinajstić information content (AvgIpc) is 2.47. The summed E-state index contributed by atoms with van der Waals surface area (Å²) in [5.74, 6) is 0.300.